The zero-order valence-electron chi connectivity index (χ0n) is 43.0. The Morgan fingerprint density at radius 3 is 1.25 bits per heavy atom. The first kappa shape index (κ1) is 62.7. The van der Waals surface area contributed by atoms with E-state index in [2.05, 4.69) is 43.5 Å². The molecule has 0 heterocycles. The summed E-state index contributed by atoms with van der Waals surface area (Å²) >= 11 is 0. The highest BCUT2D eigenvalue weighted by Crippen LogP contribution is 2.43. The summed E-state index contributed by atoms with van der Waals surface area (Å²) in [5, 5.41) is 13.9. The van der Waals surface area contributed by atoms with Crippen LogP contribution in [0.25, 0.3) is 0 Å². The Hall–Kier alpha value is -1.28. The highest BCUT2D eigenvalue weighted by atomic mass is 31.2. The summed E-state index contributed by atoms with van der Waals surface area (Å²) < 4.78 is 23.7. The zero-order chi connectivity index (χ0) is 47.1. The molecule has 0 aliphatic carbocycles. The molecule has 0 aliphatic rings. The number of amides is 1. The van der Waals surface area contributed by atoms with Crippen molar-refractivity contribution in [3.63, 3.8) is 0 Å². The van der Waals surface area contributed by atoms with Gasteiger partial charge in [0.2, 0.25) is 5.91 Å². The van der Waals surface area contributed by atoms with Crippen molar-refractivity contribution in [1.82, 2.24) is 5.32 Å². The summed E-state index contributed by atoms with van der Waals surface area (Å²) in [5.41, 5.74) is 0. The van der Waals surface area contributed by atoms with Gasteiger partial charge in [0.25, 0.3) is 0 Å². The van der Waals surface area contributed by atoms with Crippen LogP contribution in [0, 0.1) is 0 Å². The molecule has 0 aromatic carbocycles. The number of allylic oxidation sites excluding steroid dienone is 5. The minimum absolute atomic E-state index is 0.0550. The fourth-order valence-electron chi connectivity index (χ4n) is 8.02. The maximum Gasteiger partial charge on any atom is 0.472 e. The number of carbonyl (C=O) groups is 1. The SMILES string of the molecule is CCCCCCCCCCCC/C=C/CC/C=C/CC/C=C/C(O)C(COP(=O)(O)OCC[N+](C)(C)C)NC(=O)CCCCCCCCCCCCCCCCCCCCCCCC. The Kier molecular flexibility index (Phi) is 45.9. The van der Waals surface area contributed by atoms with Gasteiger partial charge >= 0.3 is 7.82 Å². The molecule has 0 radical (unpaired) electrons. The van der Waals surface area contributed by atoms with E-state index < -0.39 is 20.0 Å². The average molecular weight is 924 g/mol. The zero-order valence-corrected chi connectivity index (χ0v) is 43.9. The number of aliphatic hydroxyl groups is 1. The summed E-state index contributed by atoms with van der Waals surface area (Å²) in [4.78, 5) is 23.3. The van der Waals surface area contributed by atoms with Gasteiger partial charge in [0, 0.05) is 6.42 Å². The van der Waals surface area contributed by atoms with Gasteiger partial charge in [0.15, 0.2) is 0 Å². The van der Waals surface area contributed by atoms with Crippen LogP contribution in [-0.2, 0) is 18.4 Å². The topological polar surface area (TPSA) is 105 Å². The molecule has 0 aromatic heterocycles. The molecule has 0 rings (SSSR count). The van der Waals surface area contributed by atoms with Crippen LogP contribution in [0.15, 0.2) is 36.5 Å². The first-order chi connectivity index (χ1) is 31.0. The molecule has 378 valence electrons. The van der Waals surface area contributed by atoms with E-state index in [1.807, 2.05) is 27.2 Å². The van der Waals surface area contributed by atoms with Crippen molar-refractivity contribution >= 4 is 13.7 Å². The number of nitrogens with one attached hydrogen (secondary N) is 1. The summed E-state index contributed by atoms with van der Waals surface area (Å²) in [7, 11) is 1.55. The minimum atomic E-state index is -4.35. The van der Waals surface area contributed by atoms with Crippen LogP contribution in [0.2, 0.25) is 0 Å². The van der Waals surface area contributed by atoms with Gasteiger partial charge in [0.1, 0.15) is 13.2 Å². The highest BCUT2D eigenvalue weighted by Gasteiger charge is 2.27. The summed E-state index contributed by atoms with van der Waals surface area (Å²) in [5.74, 6) is -0.187. The second-order valence-corrected chi connectivity index (χ2v) is 21.4. The van der Waals surface area contributed by atoms with E-state index in [0.29, 0.717) is 17.4 Å². The number of hydrogen-bond donors (Lipinski definition) is 3. The van der Waals surface area contributed by atoms with Gasteiger partial charge in [0.05, 0.1) is 39.9 Å². The molecule has 0 bridgehead atoms. The van der Waals surface area contributed by atoms with Gasteiger partial charge in [-0.15, -0.1) is 0 Å². The van der Waals surface area contributed by atoms with Crippen LogP contribution in [0.4, 0.5) is 0 Å². The van der Waals surface area contributed by atoms with Gasteiger partial charge in [-0.05, 0) is 44.9 Å². The molecule has 3 N–H and O–H groups in total. The van der Waals surface area contributed by atoms with Crippen molar-refractivity contribution in [3.05, 3.63) is 36.5 Å². The Bertz CT molecular complexity index is 1140. The third-order valence-electron chi connectivity index (χ3n) is 12.3. The van der Waals surface area contributed by atoms with E-state index in [0.717, 1.165) is 44.9 Å². The monoisotopic (exact) mass is 924 g/mol. The van der Waals surface area contributed by atoms with Crippen LogP contribution in [0.1, 0.15) is 258 Å². The van der Waals surface area contributed by atoms with E-state index in [1.54, 1.807) is 6.08 Å². The van der Waals surface area contributed by atoms with E-state index in [-0.39, 0.29) is 19.1 Å². The maximum absolute atomic E-state index is 13.0. The Labute approximate surface area is 397 Å². The Morgan fingerprint density at radius 1 is 0.516 bits per heavy atom. The summed E-state index contributed by atoms with van der Waals surface area (Å²) in [6.07, 6.45) is 59.5. The second kappa shape index (κ2) is 46.8. The molecule has 64 heavy (non-hydrogen) atoms. The van der Waals surface area contributed by atoms with Crippen LogP contribution >= 0.6 is 7.82 Å². The summed E-state index contributed by atoms with van der Waals surface area (Å²) in [6, 6.07) is -0.867. The molecule has 0 aliphatic heterocycles. The van der Waals surface area contributed by atoms with E-state index in [4.69, 9.17) is 9.05 Å². The number of phosphoric ester groups is 1. The number of unbranched alkanes of at least 4 members (excludes halogenated alkanes) is 33. The van der Waals surface area contributed by atoms with Crippen LogP contribution < -0.4 is 5.32 Å². The maximum atomic E-state index is 13.0. The number of aliphatic hydroxyl groups excluding tert-OH is 1. The number of likely N-dealkylation sites (N-methyl/N-ethyl adjacent to an activating group) is 1. The molecule has 0 aromatic rings. The number of nitrogens with zero attached hydrogens (tertiary/aromatic N) is 1. The molecular weight excluding hydrogens is 816 g/mol. The predicted molar refractivity (Wildman–Crippen MR) is 277 cm³/mol. The van der Waals surface area contributed by atoms with Crippen LogP contribution in [0.5, 0.6) is 0 Å². The second-order valence-electron chi connectivity index (χ2n) is 19.9. The third kappa shape index (κ3) is 48.6. The lowest BCUT2D eigenvalue weighted by molar-refractivity contribution is -0.870. The van der Waals surface area contributed by atoms with E-state index in [1.165, 1.54) is 193 Å². The molecule has 0 saturated heterocycles. The fraction of sp³-hybridized carbons (Fsp3) is 0.873. The molecule has 0 saturated carbocycles. The smallest absolute Gasteiger partial charge is 0.387 e. The van der Waals surface area contributed by atoms with Gasteiger partial charge in [-0.3, -0.25) is 13.8 Å². The number of quaternary nitrogens is 1. The van der Waals surface area contributed by atoms with Crippen molar-refractivity contribution in [2.75, 3.05) is 40.9 Å². The van der Waals surface area contributed by atoms with Crippen molar-refractivity contribution < 1.29 is 32.9 Å². The van der Waals surface area contributed by atoms with Crippen molar-refractivity contribution in [3.8, 4) is 0 Å². The quantitative estimate of drug-likeness (QED) is 0.0243. The number of carbonyl (C=O) groups excluding carboxylic acids is 1. The minimum Gasteiger partial charge on any atom is -0.387 e. The van der Waals surface area contributed by atoms with Gasteiger partial charge < -0.3 is 19.8 Å². The standard InChI is InChI=1S/C55H107N2O6P/c1-6-8-10-12-14-16-18-20-22-24-26-28-29-31-33-35-37-39-41-43-45-47-49-55(59)56-53(52-63-64(60,61)62-51-50-57(3,4)5)54(58)48-46-44-42-40-38-36-34-32-30-27-25-23-21-19-17-15-13-11-9-7-2/h30,32,38,40,46,48,53-54,58H,6-29,31,33-37,39,41-45,47,49-52H2,1-5H3,(H-,56,59,60,61)/p+1/b32-30+,40-38+,48-46+. The highest BCUT2D eigenvalue weighted by molar-refractivity contribution is 7.47. The molecule has 3 atom stereocenters. The van der Waals surface area contributed by atoms with E-state index in [9.17, 15) is 19.4 Å². The first-order valence-corrected chi connectivity index (χ1v) is 28.9. The average Bonchev–Trinajstić information content (AvgIpc) is 3.25. The molecule has 1 amide bonds. The van der Waals surface area contributed by atoms with Gasteiger partial charge in [-0.25, -0.2) is 4.57 Å². The van der Waals surface area contributed by atoms with Crippen LogP contribution in [-0.4, -0.2) is 73.4 Å². The number of rotatable bonds is 50. The largest absolute Gasteiger partial charge is 0.472 e. The fourth-order valence-corrected chi connectivity index (χ4v) is 8.75. The Morgan fingerprint density at radius 2 is 0.859 bits per heavy atom. The van der Waals surface area contributed by atoms with Gasteiger partial charge in [-0.1, -0.05) is 243 Å². The number of hydrogen-bond acceptors (Lipinski definition) is 5. The molecular formula is C55H108N2O6P+. The molecule has 0 spiro atoms. The first-order valence-electron chi connectivity index (χ1n) is 27.4. The van der Waals surface area contributed by atoms with Crippen molar-refractivity contribution in [1.29, 1.82) is 0 Å². The predicted octanol–water partition coefficient (Wildman–Crippen LogP) is 16.2. The van der Waals surface area contributed by atoms with Crippen molar-refractivity contribution in [2.24, 2.45) is 0 Å². The Balaban J connectivity index is 4.30. The lowest BCUT2D eigenvalue weighted by Gasteiger charge is -2.25. The third-order valence-corrected chi connectivity index (χ3v) is 13.3. The lowest BCUT2D eigenvalue weighted by Crippen LogP contribution is -2.45. The normalized spacial score (nSPS) is 14.3. The van der Waals surface area contributed by atoms with Crippen molar-refractivity contribution in [2.45, 2.75) is 270 Å². The van der Waals surface area contributed by atoms with Crippen LogP contribution in [0.3, 0.4) is 0 Å². The number of phosphoric acid groups is 1. The molecule has 0 fully saturated rings. The lowest BCUT2D eigenvalue weighted by atomic mass is 10.0. The molecule has 8 nitrogen and oxygen atoms in total. The van der Waals surface area contributed by atoms with E-state index >= 15 is 0 Å². The van der Waals surface area contributed by atoms with Gasteiger partial charge in [-0.2, -0.15) is 0 Å². The summed E-state index contributed by atoms with van der Waals surface area (Å²) in [6.45, 7) is 4.82. The molecule has 3 unspecified atom stereocenters. The molecule has 9 heteroatoms.